The number of rotatable bonds is 5. The first-order chi connectivity index (χ1) is 15.0. The number of carbonyl (C=O) groups is 1. The zero-order valence-corrected chi connectivity index (χ0v) is 16.6. The highest BCUT2D eigenvalue weighted by atomic mass is 35.5. The van der Waals surface area contributed by atoms with E-state index < -0.39 is 11.5 Å². The number of nitriles is 1. The van der Waals surface area contributed by atoms with Crippen molar-refractivity contribution in [3.05, 3.63) is 93.6 Å². The van der Waals surface area contributed by atoms with Crippen molar-refractivity contribution in [2.75, 3.05) is 10.6 Å². The van der Waals surface area contributed by atoms with Gasteiger partial charge in [-0.15, -0.1) is 0 Å². The van der Waals surface area contributed by atoms with Gasteiger partial charge < -0.3 is 15.1 Å². The SMILES string of the molecule is N#Cc1c(-c2cccc(NC(=O)c3ccco3)c2)nc(Nc2ccc(Cl)cc2)[nH]c1=O. The summed E-state index contributed by atoms with van der Waals surface area (Å²) in [5.41, 5.74) is 1.04. The molecular formula is C22H14ClN5O3. The number of hydrogen-bond acceptors (Lipinski definition) is 6. The molecule has 4 rings (SSSR count). The Labute approximate surface area is 181 Å². The van der Waals surface area contributed by atoms with Gasteiger partial charge in [-0.25, -0.2) is 4.98 Å². The number of furan rings is 1. The summed E-state index contributed by atoms with van der Waals surface area (Å²) in [6, 6.07) is 18.6. The fraction of sp³-hybridized carbons (Fsp3) is 0. The zero-order chi connectivity index (χ0) is 21.8. The highest BCUT2D eigenvalue weighted by Gasteiger charge is 2.15. The largest absolute Gasteiger partial charge is 0.459 e. The average Bonchev–Trinajstić information content (AvgIpc) is 3.30. The van der Waals surface area contributed by atoms with Crippen LogP contribution in [0.4, 0.5) is 17.3 Å². The molecule has 3 N–H and O–H groups in total. The van der Waals surface area contributed by atoms with E-state index in [1.54, 1.807) is 60.7 Å². The van der Waals surface area contributed by atoms with Gasteiger partial charge in [-0.1, -0.05) is 23.7 Å². The van der Waals surface area contributed by atoms with Crippen molar-refractivity contribution < 1.29 is 9.21 Å². The highest BCUT2D eigenvalue weighted by molar-refractivity contribution is 6.30. The Morgan fingerprint density at radius 1 is 1.10 bits per heavy atom. The number of anilines is 3. The van der Waals surface area contributed by atoms with E-state index in [9.17, 15) is 14.9 Å². The number of halogens is 1. The van der Waals surface area contributed by atoms with Crippen molar-refractivity contribution in [3.8, 4) is 17.3 Å². The van der Waals surface area contributed by atoms with E-state index in [-0.39, 0.29) is 23.0 Å². The van der Waals surface area contributed by atoms with E-state index in [1.165, 1.54) is 6.26 Å². The predicted octanol–water partition coefficient (Wildman–Crippen LogP) is 4.55. The molecule has 0 aliphatic rings. The number of hydrogen-bond donors (Lipinski definition) is 3. The quantitative estimate of drug-likeness (QED) is 0.425. The number of amides is 1. The van der Waals surface area contributed by atoms with Gasteiger partial charge in [0.05, 0.1) is 12.0 Å². The van der Waals surface area contributed by atoms with Crippen LogP contribution < -0.4 is 16.2 Å². The van der Waals surface area contributed by atoms with Crippen LogP contribution in [-0.2, 0) is 0 Å². The van der Waals surface area contributed by atoms with E-state index in [0.29, 0.717) is 22.0 Å². The number of carbonyl (C=O) groups excluding carboxylic acids is 1. The van der Waals surface area contributed by atoms with Crippen LogP contribution in [0, 0.1) is 11.3 Å². The second kappa shape index (κ2) is 8.57. The van der Waals surface area contributed by atoms with Crippen LogP contribution in [-0.4, -0.2) is 15.9 Å². The molecule has 0 saturated heterocycles. The summed E-state index contributed by atoms with van der Waals surface area (Å²) in [7, 11) is 0. The normalized spacial score (nSPS) is 10.3. The lowest BCUT2D eigenvalue weighted by molar-refractivity contribution is 0.0996. The van der Waals surface area contributed by atoms with Crippen LogP contribution in [0.5, 0.6) is 0 Å². The van der Waals surface area contributed by atoms with Crippen molar-refractivity contribution in [2.45, 2.75) is 0 Å². The lowest BCUT2D eigenvalue weighted by atomic mass is 10.1. The minimum atomic E-state index is -0.589. The molecule has 0 fully saturated rings. The summed E-state index contributed by atoms with van der Waals surface area (Å²) >= 11 is 5.90. The Balaban J connectivity index is 1.69. The predicted molar refractivity (Wildman–Crippen MR) is 116 cm³/mol. The van der Waals surface area contributed by atoms with Crippen molar-refractivity contribution in [2.24, 2.45) is 0 Å². The lowest BCUT2D eigenvalue weighted by Crippen LogP contribution is -2.16. The molecule has 31 heavy (non-hydrogen) atoms. The summed E-state index contributed by atoms with van der Waals surface area (Å²) in [5, 5.41) is 15.7. The first-order valence-electron chi connectivity index (χ1n) is 9.06. The number of nitrogens with zero attached hydrogens (tertiary/aromatic N) is 2. The number of nitrogens with one attached hydrogen (secondary N) is 3. The standard InChI is InChI=1S/C22H14ClN5O3/c23-14-6-8-15(9-7-14)26-22-27-19(17(12-24)20(29)28-22)13-3-1-4-16(11-13)25-21(30)18-5-2-10-31-18/h1-11H,(H,25,30)(H2,26,27,28,29). The Hall–Kier alpha value is -4.35. The Morgan fingerprint density at radius 2 is 1.90 bits per heavy atom. The molecule has 8 nitrogen and oxygen atoms in total. The molecular weight excluding hydrogens is 418 g/mol. The Morgan fingerprint density at radius 3 is 2.61 bits per heavy atom. The molecule has 0 spiro atoms. The third-order valence-corrected chi connectivity index (χ3v) is 4.53. The van der Waals surface area contributed by atoms with Crippen LogP contribution in [0.3, 0.4) is 0 Å². The van der Waals surface area contributed by atoms with Gasteiger partial charge in [0, 0.05) is 22.0 Å². The van der Waals surface area contributed by atoms with Gasteiger partial charge in [0.2, 0.25) is 5.95 Å². The van der Waals surface area contributed by atoms with Gasteiger partial charge >= 0.3 is 0 Å². The van der Waals surface area contributed by atoms with Gasteiger partial charge in [0.25, 0.3) is 11.5 Å². The molecule has 4 aromatic rings. The molecule has 0 saturated carbocycles. The van der Waals surface area contributed by atoms with Gasteiger partial charge in [-0.2, -0.15) is 5.26 Å². The minimum absolute atomic E-state index is 0.142. The molecule has 9 heteroatoms. The van der Waals surface area contributed by atoms with Crippen LogP contribution in [0.2, 0.25) is 5.02 Å². The van der Waals surface area contributed by atoms with E-state index in [0.717, 1.165) is 0 Å². The smallest absolute Gasteiger partial charge is 0.291 e. The maximum atomic E-state index is 12.5. The van der Waals surface area contributed by atoms with Crippen LogP contribution in [0.15, 0.2) is 76.1 Å². The third kappa shape index (κ3) is 4.47. The lowest BCUT2D eigenvalue weighted by Gasteiger charge is -2.10. The fourth-order valence-corrected chi connectivity index (χ4v) is 2.99. The Bertz CT molecular complexity index is 1340. The molecule has 2 heterocycles. The molecule has 2 aromatic carbocycles. The van der Waals surface area contributed by atoms with Gasteiger partial charge in [-0.05, 0) is 48.5 Å². The van der Waals surface area contributed by atoms with E-state index in [4.69, 9.17) is 16.0 Å². The first-order valence-corrected chi connectivity index (χ1v) is 9.43. The van der Waals surface area contributed by atoms with E-state index >= 15 is 0 Å². The van der Waals surface area contributed by atoms with Gasteiger partial charge in [0.15, 0.2) is 5.76 Å². The topological polar surface area (TPSA) is 124 Å². The molecule has 0 radical (unpaired) electrons. The van der Waals surface area contributed by atoms with Gasteiger partial charge in [-0.3, -0.25) is 14.6 Å². The second-order valence-corrected chi connectivity index (χ2v) is 6.83. The van der Waals surface area contributed by atoms with E-state index in [1.807, 2.05) is 6.07 Å². The average molecular weight is 432 g/mol. The second-order valence-electron chi connectivity index (χ2n) is 6.39. The maximum absolute atomic E-state index is 12.5. The van der Waals surface area contributed by atoms with Crippen LogP contribution in [0.25, 0.3) is 11.3 Å². The minimum Gasteiger partial charge on any atom is -0.459 e. The van der Waals surface area contributed by atoms with Crippen molar-refractivity contribution >= 4 is 34.8 Å². The highest BCUT2D eigenvalue weighted by Crippen LogP contribution is 2.25. The molecule has 0 atom stereocenters. The molecule has 0 aliphatic heterocycles. The Kier molecular flexibility index (Phi) is 5.51. The molecule has 152 valence electrons. The van der Waals surface area contributed by atoms with Gasteiger partial charge in [0.1, 0.15) is 11.6 Å². The molecule has 0 aliphatic carbocycles. The summed E-state index contributed by atoms with van der Waals surface area (Å²) in [6.45, 7) is 0. The van der Waals surface area contributed by atoms with Crippen molar-refractivity contribution in [3.63, 3.8) is 0 Å². The number of aromatic amines is 1. The number of benzene rings is 2. The third-order valence-electron chi connectivity index (χ3n) is 4.28. The van der Waals surface area contributed by atoms with Crippen molar-refractivity contribution in [1.82, 2.24) is 9.97 Å². The summed E-state index contributed by atoms with van der Waals surface area (Å²) in [5.74, 6) is -0.107. The number of H-pyrrole nitrogens is 1. The zero-order valence-electron chi connectivity index (χ0n) is 15.8. The summed E-state index contributed by atoms with van der Waals surface area (Å²) in [6.07, 6.45) is 1.40. The summed E-state index contributed by atoms with van der Waals surface area (Å²) in [4.78, 5) is 31.7. The molecule has 1 amide bonds. The molecule has 0 bridgehead atoms. The molecule has 0 unspecified atom stereocenters. The number of aromatic nitrogens is 2. The van der Waals surface area contributed by atoms with Crippen molar-refractivity contribution in [1.29, 1.82) is 5.26 Å². The first kappa shape index (κ1) is 19.9. The van der Waals surface area contributed by atoms with Crippen LogP contribution in [0.1, 0.15) is 16.1 Å². The fourth-order valence-electron chi connectivity index (χ4n) is 2.86. The van der Waals surface area contributed by atoms with Crippen LogP contribution >= 0.6 is 11.6 Å². The van der Waals surface area contributed by atoms with E-state index in [2.05, 4.69) is 20.6 Å². The summed E-state index contributed by atoms with van der Waals surface area (Å²) < 4.78 is 5.08. The maximum Gasteiger partial charge on any atom is 0.291 e. The molecule has 2 aromatic heterocycles. The monoisotopic (exact) mass is 431 g/mol.